The van der Waals surface area contributed by atoms with E-state index >= 15 is 0 Å². The van der Waals surface area contributed by atoms with Gasteiger partial charge >= 0.3 is 0 Å². The number of hydrogen-bond acceptors (Lipinski definition) is 5. The minimum Gasteiger partial charge on any atom is -0.319 e. The summed E-state index contributed by atoms with van der Waals surface area (Å²) in [5, 5.41) is 3.54. The number of carbonyl (C=O) groups excluding carboxylic acids is 2. The Labute approximate surface area is 154 Å². The summed E-state index contributed by atoms with van der Waals surface area (Å²) in [5.74, 6) is 0.784. The molecule has 0 bridgehead atoms. The summed E-state index contributed by atoms with van der Waals surface area (Å²) in [4.78, 5) is 31.2. The van der Waals surface area contributed by atoms with Crippen molar-refractivity contribution in [1.82, 2.24) is 9.88 Å². The maximum atomic E-state index is 12.8. The number of nitrogens with zero attached hydrogens (tertiary/aromatic N) is 2. The average Bonchev–Trinajstić information content (AvgIpc) is 3.28. The summed E-state index contributed by atoms with van der Waals surface area (Å²) in [6, 6.07) is 8.43. The summed E-state index contributed by atoms with van der Waals surface area (Å²) >= 11 is 3.07. The fraction of sp³-hybridized carbons (Fsp3) is 0.389. The third-order valence-electron chi connectivity index (χ3n) is 4.70. The molecule has 2 fully saturated rings. The lowest BCUT2D eigenvalue weighted by Crippen LogP contribution is -2.48. The zero-order chi connectivity index (χ0) is 17.4. The van der Waals surface area contributed by atoms with Crippen molar-refractivity contribution >= 4 is 40.0 Å². The second kappa shape index (κ2) is 6.46. The second-order valence-corrected chi connectivity index (χ2v) is 8.91. The van der Waals surface area contributed by atoms with Crippen LogP contribution in [-0.2, 0) is 16.0 Å². The minimum atomic E-state index is -0.722. The number of aryl methyl sites for hydroxylation is 1. The lowest BCUT2D eigenvalue weighted by Gasteiger charge is -2.28. The summed E-state index contributed by atoms with van der Waals surface area (Å²) in [6.07, 6.45) is 3.66. The standard InChI is InChI=1S/C18H19N3O2S2/c1-12-2-4-13(5-3-12)10-14-11-19-17(25-14)20-16(23)18-7-6-15(22)21(18)8-9-24-18/h2-5,11H,6-10H2,1H3,(H,19,20,23)/t18-/m1/s1. The summed E-state index contributed by atoms with van der Waals surface area (Å²) < 4.78 is 0. The van der Waals surface area contributed by atoms with Gasteiger partial charge in [-0.2, -0.15) is 0 Å². The first-order valence-corrected chi connectivity index (χ1v) is 10.1. The molecular formula is C18H19N3O2S2. The highest BCUT2D eigenvalue weighted by Gasteiger charge is 2.54. The first-order chi connectivity index (χ1) is 12.1. The van der Waals surface area contributed by atoms with E-state index in [0.29, 0.717) is 24.5 Å². The first-order valence-electron chi connectivity index (χ1n) is 8.33. The molecule has 5 nitrogen and oxygen atoms in total. The van der Waals surface area contributed by atoms with Crippen molar-refractivity contribution in [2.24, 2.45) is 0 Å². The molecule has 2 amide bonds. The molecule has 1 aromatic heterocycles. The van der Waals surface area contributed by atoms with Crippen LogP contribution in [0.5, 0.6) is 0 Å². The van der Waals surface area contributed by atoms with Gasteiger partial charge in [0, 0.05) is 36.2 Å². The van der Waals surface area contributed by atoms with Crippen molar-refractivity contribution in [3.63, 3.8) is 0 Å². The van der Waals surface area contributed by atoms with E-state index < -0.39 is 4.87 Å². The van der Waals surface area contributed by atoms with Crippen molar-refractivity contribution in [3.8, 4) is 0 Å². The number of amides is 2. The molecule has 1 N–H and O–H groups in total. The highest BCUT2D eigenvalue weighted by Crippen LogP contribution is 2.45. The number of nitrogens with one attached hydrogen (secondary N) is 1. The van der Waals surface area contributed by atoms with Crippen LogP contribution < -0.4 is 5.32 Å². The predicted molar refractivity (Wildman–Crippen MR) is 101 cm³/mol. The predicted octanol–water partition coefficient (Wildman–Crippen LogP) is 3.05. The van der Waals surface area contributed by atoms with Crippen LogP contribution in [0.1, 0.15) is 28.8 Å². The Kier molecular flexibility index (Phi) is 4.29. The van der Waals surface area contributed by atoms with Gasteiger partial charge in [-0.1, -0.05) is 29.8 Å². The highest BCUT2D eigenvalue weighted by molar-refractivity contribution is 8.01. The van der Waals surface area contributed by atoms with E-state index in [2.05, 4.69) is 41.5 Å². The molecule has 130 valence electrons. The van der Waals surface area contributed by atoms with Crippen molar-refractivity contribution < 1.29 is 9.59 Å². The second-order valence-electron chi connectivity index (χ2n) is 6.43. The third kappa shape index (κ3) is 3.06. The Hall–Kier alpha value is -1.86. The van der Waals surface area contributed by atoms with E-state index in [1.165, 1.54) is 22.5 Å². The van der Waals surface area contributed by atoms with E-state index in [1.807, 2.05) is 6.20 Å². The average molecular weight is 374 g/mol. The molecule has 1 aromatic carbocycles. The molecule has 3 heterocycles. The lowest BCUT2D eigenvalue weighted by molar-refractivity contribution is -0.133. The van der Waals surface area contributed by atoms with E-state index in [0.717, 1.165) is 17.1 Å². The monoisotopic (exact) mass is 373 g/mol. The van der Waals surface area contributed by atoms with Gasteiger partial charge in [0.1, 0.15) is 0 Å². The number of carbonyl (C=O) groups is 2. The lowest BCUT2D eigenvalue weighted by atomic mass is 10.1. The van der Waals surface area contributed by atoms with Crippen molar-refractivity contribution in [2.45, 2.75) is 31.1 Å². The maximum absolute atomic E-state index is 12.8. The number of hydrogen-bond donors (Lipinski definition) is 1. The van der Waals surface area contributed by atoms with Gasteiger partial charge in [-0.15, -0.1) is 23.1 Å². The van der Waals surface area contributed by atoms with E-state index in [9.17, 15) is 9.59 Å². The normalized spacial score (nSPS) is 22.3. The van der Waals surface area contributed by atoms with Crippen LogP contribution in [0.4, 0.5) is 5.13 Å². The molecule has 2 aliphatic rings. The van der Waals surface area contributed by atoms with Crippen LogP contribution in [0, 0.1) is 6.92 Å². The maximum Gasteiger partial charge on any atom is 0.262 e. The molecular weight excluding hydrogens is 354 g/mol. The van der Waals surface area contributed by atoms with Crippen molar-refractivity contribution in [3.05, 3.63) is 46.5 Å². The number of benzene rings is 1. The van der Waals surface area contributed by atoms with Crippen LogP contribution >= 0.6 is 23.1 Å². The van der Waals surface area contributed by atoms with Crippen LogP contribution in [0.3, 0.4) is 0 Å². The number of rotatable bonds is 4. The van der Waals surface area contributed by atoms with Gasteiger partial charge in [0.05, 0.1) is 0 Å². The quantitative estimate of drug-likeness (QED) is 0.895. The molecule has 0 saturated carbocycles. The minimum absolute atomic E-state index is 0.0827. The fourth-order valence-corrected chi connectivity index (χ4v) is 5.59. The van der Waals surface area contributed by atoms with E-state index in [-0.39, 0.29) is 11.8 Å². The largest absolute Gasteiger partial charge is 0.319 e. The molecule has 2 saturated heterocycles. The molecule has 0 spiro atoms. The molecule has 1 atom stereocenters. The van der Waals surface area contributed by atoms with Gasteiger partial charge in [-0.25, -0.2) is 4.98 Å². The number of thioether (sulfide) groups is 1. The van der Waals surface area contributed by atoms with Gasteiger partial charge in [0.15, 0.2) is 10.0 Å². The zero-order valence-electron chi connectivity index (χ0n) is 13.9. The van der Waals surface area contributed by atoms with Gasteiger partial charge in [-0.3, -0.25) is 14.9 Å². The van der Waals surface area contributed by atoms with Crippen LogP contribution in [0.2, 0.25) is 0 Å². The van der Waals surface area contributed by atoms with Gasteiger partial charge in [0.2, 0.25) is 5.91 Å². The van der Waals surface area contributed by atoms with Crippen LogP contribution in [-0.4, -0.2) is 38.9 Å². The Balaban J connectivity index is 1.45. The van der Waals surface area contributed by atoms with Crippen LogP contribution in [0.15, 0.2) is 30.5 Å². The Morgan fingerprint density at radius 3 is 2.96 bits per heavy atom. The molecule has 25 heavy (non-hydrogen) atoms. The van der Waals surface area contributed by atoms with Gasteiger partial charge < -0.3 is 4.90 Å². The SMILES string of the molecule is Cc1ccc(Cc2cnc(NC(=O)[C@]34CCC(=O)N3CCS4)s2)cc1. The van der Waals surface area contributed by atoms with Gasteiger partial charge in [0.25, 0.3) is 5.91 Å². The van der Waals surface area contributed by atoms with E-state index in [4.69, 9.17) is 0 Å². The smallest absolute Gasteiger partial charge is 0.262 e. The molecule has 2 aromatic rings. The fourth-order valence-electron chi connectivity index (χ4n) is 3.36. The zero-order valence-corrected chi connectivity index (χ0v) is 15.6. The Morgan fingerprint density at radius 2 is 2.16 bits per heavy atom. The van der Waals surface area contributed by atoms with E-state index in [1.54, 1.807) is 16.7 Å². The molecule has 4 rings (SSSR count). The van der Waals surface area contributed by atoms with Gasteiger partial charge in [-0.05, 0) is 18.9 Å². The number of anilines is 1. The highest BCUT2D eigenvalue weighted by atomic mass is 32.2. The molecule has 2 aliphatic heterocycles. The number of fused-ring (bicyclic) bond motifs is 1. The Morgan fingerprint density at radius 1 is 1.36 bits per heavy atom. The number of aromatic nitrogens is 1. The summed E-state index contributed by atoms with van der Waals surface area (Å²) in [7, 11) is 0. The Bertz CT molecular complexity index is 818. The molecule has 0 radical (unpaired) electrons. The molecule has 0 unspecified atom stereocenters. The molecule has 7 heteroatoms. The first kappa shape index (κ1) is 16.6. The topological polar surface area (TPSA) is 62.3 Å². The number of thiazole rings is 1. The summed E-state index contributed by atoms with van der Waals surface area (Å²) in [6.45, 7) is 2.73. The van der Waals surface area contributed by atoms with Crippen molar-refractivity contribution in [2.75, 3.05) is 17.6 Å². The summed E-state index contributed by atoms with van der Waals surface area (Å²) in [5.41, 5.74) is 2.47. The van der Waals surface area contributed by atoms with Crippen LogP contribution in [0.25, 0.3) is 0 Å². The third-order valence-corrected chi connectivity index (χ3v) is 7.09. The molecule has 0 aliphatic carbocycles. The van der Waals surface area contributed by atoms with Crippen molar-refractivity contribution in [1.29, 1.82) is 0 Å².